The molecule has 0 aliphatic heterocycles. The molecule has 7 heteroatoms. The van der Waals surface area contributed by atoms with Gasteiger partial charge >= 0.3 is 11.9 Å². The predicted octanol–water partition coefficient (Wildman–Crippen LogP) is 3.88. The molecular weight excluding hydrogens is 386 g/mol. The van der Waals surface area contributed by atoms with Crippen molar-refractivity contribution in [3.63, 3.8) is 0 Å². The number of halogens is 2. The highest BCUT2D eigenvalue weighted by Gasteiger charge is 2.23. The first-order valence-electron chi connectivity index (χ1n) is 7.05. The van der Waals surface area contributed by atoms with E-state index >= 15 is 0 Å². The van der Waals surface area contributed by atoms with E-state index in [1.165, 1.54) is 14.0 Å². The van der Waals surface area contributed by atoms with Crippen molar-refractivity contribution in [2.75, 3.05) is 13.7 Å². The van der Waals surface area contributed by atoms with Crippen LogP contribution in [-0.2, 0) is 27.7 Å². The molecule has 0 N–H and O–H groups in total. The molecule has 0 radical (unpaired) electrons. The van der Waals surface area contributed by atoms with Crippen LogP contribution in [0.5, 0.6) is 0 Å². The van der Waals surface area contributed by atoms with Crippen LogP contribution in [-0.4, -0.2) is 30.2 Å². The number of ether oxygens (including phenoxy) is 2. The molecular formula is C16H17BrClNO4. The van der Waals surface area contributed by atoms with Gasteiger partial charge in [-0.1, -0.05) is 17.7 Å². The molecule has 0 saturated heterocycles. The van der Waals surface area contributed by atoms with Crippen LogP contribution in [0.15, 0.2) is 16.6 Å². The molecule has 0 amide bonds. The molecule has 0 aliphatic rings. The third-order valence-electron chi connectivity index (χ3n) is 3.61. The molecule has 1 heterocycles. The molecule has 0 aliphatic carbocycles. The SMILES string of the molecule is COC(=O)c1c(CCCOC(C)=O)c2ccc(Cl)c(Br)c2n1C. The predicted molar refractivity (Wildman–Crippen MR) is 91.9 cm³/mol. The molecule has 0 unspecified atom stereocenters. The van der Waals surface area contributed by atoms with Gasteiger partial charge in [-0.25, -0.2) is 4.79 Å². The second-order valence-corrected chi connectivity index (χ2v) is 6.28. The van der Waals surface area contributed by atoms with Crippen LogP contribution in [0.3, 0.4) is 0 Å². The van der Waals surface area contributed by atoms with Gasteiger partial charge in [-0.05, 0) is 40.4 Å². The molecule has 0 saturated carbocycles. The quantitative estimate of drug-likeness (QED) is 0.562. The summed E-state index contributed by atoms with van der Waals surface area (Å²) in [6, 6.07) is 3.67. The van der Waals surface area contributed by atoms with E-state index in [-0.39, 0.29) is 5.97 Å². The van der Waals surface area contributed by atoms with E-state index in [9.17, 15) is 9.59 Å². The molecule has 124 valence electrons. The van der Waals surface area contributed by atoms with Crippen molar-refractivity contribution in [3.05, 3.63) is 32.9 Å². The number of aromatic nitrogens is 1. The highest BCUT2D eigenvalue weighted by Crippen LogP contribution is 2.36. The number of nitrogens with zero attached hydrogens (tertiary/aromatic N) is 1. The number of methoxy groups -OCH3 is 1. The first-order valence-corrected chi connectivity index (χ1v) is 8.22. The van der Waals surface area contributed by atoms with Gasteiger partial charge in [0.25, 0.3) is 0 Å². The highest BCUT2D eigenvalue weighted by atomic mass is 79.9. The maximum atomic E-state index is 12.2. The Morgan fingerprint density at radius 1 is 1.35 bits per heavy atom. The summed E-state index contributed by atoms with van der Waals surface area (Å²) in [5, 5.41) is 1.49. The van der Waals surface area contributed by atoms with E-state index in [4.69, 9.17) is 21.1 Å². The maximum Gasteiger partial charge on any atom is 0.354 e. The number of rotatable bonds is 5. The zero-order valence-electron chi connectivity index (χ0n) is 13.1. The zero-order valence-corrected chi connectivity index (χ0v) is 15.5. The third kappa shape index (κ3) is 3.53. The number of hydrogen-bond acceptors (Lipinski definition) is 4. The van der Waals surface area contributed by atoms with Gasteiger partial charge in [0.15, 0.2) is 0 Å². The first kappa shape index (κ1) is 17.8. The van der Waals surface area contributed by atoms with Crippen molar-refractivity contribution < 1.29 is 19.1 Å². The summed E-state index contributed by atoms with van der Waals surface area (Å²) < 4.78 is 12.4. The molecule has 0 bridgehead atoms. The Morgan fingerprint density at radius 3 is 2.65 bits per heavy atom. The maximum absolute atomic E-state index is 12.2. The molecule has 0 atom stereocenters. The van der Waals surface area contributed by atoms with Crippen molar-refractivity contribution in [3.8, 4) is 0 Å². The van der Waals surface area contributed by atoms with E-state index in [0.717, 1.165) is 20.9 Å². The van der Waals surface area contributed by atoms with Crippen LogP contribution >= 0.6 is 27.5 Å². The lowest BCUT2D eigenvalue weighted by Crippen LogP contribution is -2.11. The van der Waals surface area contributed by atoms with Gasteiger partial charge < -0.3 is 14.0 Å². The molecule has 2 rings (SSSR count). The van der Waals surface area contributed by atoms with Crippen molar-refractivity contribution in [2.45, 2.75) is 19.8 Å². The third-order valence-corrected chi connectivity index (χ3v) is 4.95. The highest BCUT2D eigenvalue weighted by molar-refractivity contribution is 9.10. The normalized spacial score (nSPS) is 10.8. The Balaban J connectivity index is 2.49. The molecule has 5 nitrogen and oxygen atoms in total. The van der Waals surface area contributed by atoms with Crippen molar-refractivity contribution in [1.82, 2.24) is 4.57 Å². The number of carbonyl (C=O) groups is 2. The fraction of sp³-hybridized carbons (Fsp3) is 0.375. The van der Waals surface area contributed by atoms with Gasteiger partial charge in [0.05, 0.1) is 28.7 Å². The average molecular weight is 403 g/mol. The number of benzene rings is 1. The Hall–Kier alpha value is -1.53. The van der Waals surface area contributed by atoms with Crippen LogP contribution < -0.4 is 0 Å². The second-order valence-electron chi connectivity index (χ2n) is 5.08. The van der Waals surface area contributed by atoms with E-state index < -0.39 is 5.97 Å². The van der Waals surface area contributed by atoms with E-state index in [0.29, 0.717) is 30.2 Å². The Kier molecular flexibility index (Phi) is 5.70. The fourth-order valence-electron chi connectivity index (χ4n) is 2.63. The van der Waals surface area contributed by atoms with Crippen molar-refractivity contribution in [1.29, 1.82) is 0 Å². The standard InChI is InChI=1S/C16H17BrClNO4/c1-9(20)23-8-4-5-10-11-6-7-12(18)13(17)14(11)19(2)15(10)16(21)22-3/h6-7H,4-5,8H2,1-3H3. The molecule has 1 aromatic heterocycles. The summed E-state index contributed by atoms with van der Waals surface area (Å²) in [7, 11) is 3.15. The summed E-state index contributed by atoms with van der Waals surface area (Å²) in [5.41, 5.74) is 2.17. The summed E-state index contributed by atoms with van der Waals surface area (Å²) in [4.78, 5) is 23.0. The van der Waals surface area contributed by atoms with Crippen LogP contribution in [0.2, 0.25) is 5.02 Å². The molecule has 1 aromatic carbocycles. The van der Waals surface area contributed by atoms with Gasteiger partial charge in [-0.15, -0.1) is 0 Å². The van der Waals surface area contributed by atoms with E-state index in [1.807, 2.05) is 6.07 Å². The lowest BCUT2D eigenvalue weighted by Gasteiger charge is -2.06. The topological polar surface area (TPSA) is 57.5 Å². The molecule has 2 aromatic rings. The molecule has 0 spiro atoms. The Bertz CT molecular complexity index is 769. The lowest BCUT2D eigenvalue weighted by atomic mass is 10.1. The average Bonchev–Trinajstić information content (AvgIpc) is 2.79. The van der Waals surface area contributed by atoms with Crippen LogP contribution in [0.1, 0.15) is 29.4 Å². The van der Waals surface area contributed by atoms with Gasteiger partial charge in [0, 0.05) is 19.4 Å². The minimum absolute atomic E-state index is 0.307. The monoisotopic (exact) mass is 401 g/mol. The molecule has 23 heavy (non-hydrogen) atoms. The number of esters is 2. The van der Waals surface area contributed by atoms with E-state index in [1.54, 1.807) is 17.7 Å². The van der Waals surface area contributed by atoms with Crippen molar-refractivity contribution >= 4 is 50.4 Å². The van der Waals surface area contributed by atoms with Crippen LogP contribution in [0, 0.1) is 0 Å². The number of fused-ring (bicyclic) bond motifs is 1. The summed E-state index contributed by atoms with van der Waals surface area (Å²) in [6.45, 7) is 1.68. The van der Waals surface area contributed by atoms with Gasteiger partial charge in [0.2, 0.25) is 0 Å². The van der Waals surface area contributed by atoms with Gasteiger partial charge in [-0.3, -0.25) is 4.79 Å². The largest absolute Gasteiger partial charge is 0.466 e. The Labute approximate surface area is 147 Å². The van der Waals surface area contributed by atoms with Gasteiger partial charge in [-0.2, -0.15) is 0 Å². The first-order chi connectivity index (χ1) is 10.9. The zero-order chi connectivity index (χ0) is 17.1. The van der Waals surface area contributed by atoms with Gasteiger partial charge in [0.1, 0.15) is 5.69 Å². The number of carbonyl (C=O) groups excluding carboxylic acids is 2. The van der Waals surface area contributed by atoms with Crippen LogP contribution in [0.25, 0.3) is 10.9 Å². The second kappa shape index (κ2) is 7.36. The minimum Gasteiger partial charge on any atom is -0.466 e. The van der Waals surface area contributed by atoms with Crippen LogP contribution in [0.4, 0.5) is 0 Å². The van der Waals surface area contributed by atoms with E-state index in [2.05, 4.69) is 15.9 Å². The molecule has 0 fully saturated rings. The number of aryl methyl sites for hydroxylation is 2. The lowest BCUT2D eigenvalue weighted by molar-refractivity contribution is -0.141. The smallest absolute Gasteiger partial charge is 0.354 e. The summed E-state index contributed by atoms with van der Waals surface area (Å²) in [6.07, 6.45) is 1.20. The van der Waals surface area contributed by atoms with Crippen molar-refractivity contribution in [2.24, 2.45) is 7.05 Å². The minimum atomic E-state index is -0.408. The summed E-state index contributed by atoms with van der Waals surface area (Å²) in [5.74, 6) is -0.722. The number of hydrogen-bond donors (Lipinski definition) is 0. The fourth-order valence-corrected chi connectivity index (χ4v) is 3.39. The Morgan fingerprint density at radius 2 is 2.04 bits per heavy atom. The summed E-state index contributed by atoms with van der Waals surface area (Å²) >= 11 is 9.64.